The second-order valence-corrected chi connectivity index (χ2v) is 8.23. The fraction of sp³-hybridized carbons (Fsp3) is 0.280. The Balaban J connectivity index is 1.54. The first-order valence-corrected chi connectivity index (χ1v) is 10.5. The zero-order chi connectivity index (χ0) is 22.0. The molecule has 160 valence electrons. The fourth-order valence-electron chi connectivity index (χ4n) is 3.90. The maximum atomic E-state index is 13.1. The number of hydrogen-bond donors (Lipinski definition) is 1. The van der Waals surface area contributed by atoms with Crippen LogP contribution in [-0.4, -0.2) is 39.8 Å². The third kappa shape index (κ3) is 4.91. The van der Waals surface area contributed by atoms with Gasteiger partial charge < -0.3 is 10.2 Å². The molecule has 0 aliphatic carbocycles. The van der Waals surface area contributed by atoms with E-state index in [1.165, 1.54) is 13.0 Å². The van der Waals surface area contributed by atoms with Gasteiger partial charge in [-0.25, -0.2) is 9.37 Å². The number of allylic oxidation sites excluding steroid dienone is 2. The Kier molecular flexibility index (Phi) is 6.00. The highest BCUT2D eigenvalue weighted by molar-refractivity contribution is 5.88. The van der Waals surface area contributed by atoms with E-state index in [0.29, 0.717) is 23.1 Å². The summed E-state index contributed by atoms with van der Waals surface area (Å²) in [4.78, 5) is 6.80. The van der Waals surface area contributed by atoms with Gasteiger partial charge in [0.05, 0.1) is 18.1 Å². The molecule has 6 heteroatoms. The van der Waals surface area contributed by atoms with Crippen molar-refractivity contribution in [1.29, 1.82) is 0 Å². The van der Waals surface area contributed by atoms with Gasteiger partial charge in [-0.2, -0.15) is 5.10 Å². The normalized spacial score (nSPS) is 15.9. The van der Waals surface area contributed by atoms with Crippen molar-refractivity contribution < 1.29 is 4.39 Å². The van der Waals surface area contributed by atoms with Gasteiger partial charge in [0.25, 0.3) is 0 Å². The molecule has 1 aliphatic rings. The number of halogens is 1. The second-order valence-electron chi connectivity index (χ2n) is 8.23. The van der Waals surface area contributed by atoms with E-state index in [0.717, 1.165) is 47.8 Å². The summed E-state index contributed by atoms with van der Waals surface area (Å²) in [5, 5.41) is 9.85. The molecule has 0 unspecified atom stereocenters. The lowest BCUT2D eigenvalue weighted by Crippen LogP contribution is -2.31. The van der Waals surface area contributed by atoms with Gasteiger partial charge in [-0.1, -0.05) is 25.3 Å². The number of hydrogen-bond acceptors (Lipinski definition) is 4. The molecule has 1 fully saturated rings. The van der Waals surface area contributed by atoms with Crippen molar-refractivity contribution in [1.82, 2.24) is 19.7 Å². The van der Waals surface area contributed by atoms with Crippen molar-refractivity contribution in [3.05, 3.63) is 79.2 Å². The molecule has 31 heavy (non-hydrogen) atoms. The van der Waals surface area contributed by atoms with Crippen LogP contribution in [0.4, 0.5) is 10.2 Å². The quantitative estimate of drug-likeness (QED) is 0.521. The van der Waals surface area contributed by atoms with E-state index in [2.05, 4.69) is 69.6 Å². The summed E-state index contributed by atoms with van der Waals surface area (Å²) in [5.74, 6) is 0.326. The van der Waals surface area contributed by atoms with Crippen LogP contribution in [0.2, 0.25) is 0 Å². The van der Waals surface area contributed by atoms with E-state index in [4.69, 9.17) is 0 Å². The lowest BCUT2D eigenvalue weighted by molar-refractivity contribution is 0.212. The molecule has 1 aliphatic heterocycles. The first-order valence-electron chi connectivity index (χ1n) is 10.5. The summed E-state index contributed by atoms with van der Waals surface area (Å²) in [6.45, 7) is 11.4. The van der Waals surface area contributed by atoms with E-state index in [1.54, 1.807) is 0 Å². The van der Waals surface area contributed by atoms with E-state index >= 15 is 0 Å². The Hall–Kier alpha value is -3.25. The first kappa shape index (κ1) is 21.0. The van der Waals surface area contributed by atoms with Gasteiger partial charge in [0.2, 0.25) is 0 Å². The molecule has 5 nitrogen and oxygen atoms in total. The van der Waals surface area contributed by atoms with Gasteiger partial charge >= 0.3 is 0 Å². The number of piperidine rings is 1. The average molecular weight is 418 g/mol. The molecule has 3 aromatic rings. The number of likely N-dealkylation sites (tertiary alicyclic amines) is 1. The maximum Gasteiger partial charge on any atom is 0.130 e. The summed E-state index contributed by atoms with van der Waals surface area (Å²) in [7, 11) is 2.17. The largest absolute Gasteiger partial charge is 0.340 e. The monoisotopic (exact) mass is 417 g/mol. The average Bonchev–Trinajstić information content (AvgIpc) is 3.23. The van der Waals surface area contributed by atoms with Gasteiger partial charge in [-0.3, -0.25) is 4.68 Å². The van der Waals surface area contributed by atoms with Gasteiger partial charge in [-0.15, -0.1) is 0 Å². The van der Waals surface area contributed by atoms with Crippen molar-refractivity contribution >= 4 is 16.6 Å². The van der Waals surface area contributed by atoms with E-state index in [1.807, 2.05) is 18.5 Å². The summed E-state index contributed by atoms with van der Waals surface area (Å²) in [6.07, 6.45) is 9.50. The first-order chi connectivity index (χ1) is 14.9. The van der Waals surface area contributed by atoms with Crippen molar-refractivity contribution in [2.45, 2.75) is 25.8 Å². The minimum atomic E-state index is -0.315. The van der Waals surface area contributed by atoms with Crippen LogP contribution >= 0.6 is 0 Å². The van der Waals surface area contributed by atoms with Crippen LogP contribution in [-0.2, 0) is 0 Å². The highest BCUT2D eigenvalue weighted by Crippen LogP contribution is 2.28. The molecule has 0 atom stereocenters. The molecular formula is C25H28FN5. The van der Waals surface area contributed by atoms with Crippen LogP contribution in [0.1, 0.15) is 25.8 Å². The minimum Gasteiger partial charge on any atom is -0.340 e. The Labute approximate surface area is 182 Å². The number of benzene rings is 1. The molecule has 1 saturated heterocycles. The van der Waals surface area contributed by atoms with Crippen LogP contribution < -0.4 is 5.32 Å². The molecule has 1 N–H and O–H groups in total. The maximum absolute atomic E-state index is 13.1. The Morgan fingerprint density at radius 3 is 2.65 bits per heavy atom. The number of nitrogens with zero attached hydrogens (tertiary/aromatic N) is 4. The number of fused-ring (bicyclic) bond motifs is 1. The molecule has 0 radical (unpaired) electrons. The van der Waals surface area contributed by atoms with Gasteiger partial charge in [0, 0.05) is 29.0 Å². The predicted octanol–water partition coefficient (Wildman–Crippen LogP) is 5.72. The van der Waals surface area contributed by atoms with Crippen molar-refractivity contribution in [3.8, 4) is 11.1 Å². The molecule has 4 rings (SSSR count). The van der Waals surface area contributed by atoms with Gasteiger partial charge in [-0.05, 0) is 74.6 Å². The van der Waals surface area contributed by atoms with E-state index < -0.39 is 0 Å². The molecule has 0 amide bonds. The molecule has 0 spiro atoms. The lowest BCUT2D eigenvalue weighted by Gasteiger charge is -2.28. The minimum absolute atomic E-state index is 0.315. The standard InChI is InChI=1S/C25H28FN5/c1-17(11-18(2)26)19(3)29-25-13-22-12-20(5-6-21(22)14-27-25)23-15-28-31(16-23)24-7-9-30(4)10-8-24/h5-6,11-16,24H,1,3,7-10H2,2,4H3,(H,27,29)/b18-11+. The fourth-order valence-corrected chi connectivity index (χ4v) is 3.90. The molecular weight excluding hydrogens is 389 g/mol. The number of anilines is 1. The lowest BCUT2D eigenvalue weighted by atomic mass is 10.0. The van der Waals surface area contributed by atoms with Crippen LogP contribution in [0.5, 0.6) is 0 Å². The molecule has 0 saturated carbocycles. The SMILES string of the molecule is C=C(/C=C(\C)F)C(=C)Nc1cc2cc(-c3cnn(C4CCN(C)CC4)c3)ccc2cn1. The summed E-state index contributed by atoms with van der Waals surface area (Å²) < 4.78 is 15.2. The summed E-state index contributed by atoms with van der Waals surface area (Å²) in [5.41, 5.74) is 3.22. The van der Waals surface area contributed by atoms with Crippen LogP contribution in [0.25, 0.3) is 21.9 Å². The highest BCUT2D eigenvalue weighted by atomic mass is 19.1. The zero-order valence-electron chi connectivity index (χ0n) is 18.1. The number of nitrogens with one attached hydrogen (secondary N) is 1. The smallest absolute Gasteiger partial charge is 0.130 e. The van der Waals surface area contributed by atoms with Crippen molar-refractivity contribution in [2.24, 2.45) is 0 Å². The predicted molar refractivity (Wildman–Crippen MR) is 125 cm³/mol. The molecule has 2 aromatic heterocycles. The Morgan fingerprint density at radius 1 is 1.13 bits per heavy atom. The van der Waals surface area contributed by atoms with Crippen LogP contribution in [0.3, 0.4) is 0 Å². The third-order valence-electron chi connectivity index (χ3n) is 5.76. The molecule has 3 heterocycles. The Bertz CT molecular complexity index is 1150. The van der Waals surface area contributed by atoms with Crippen molar-refractivity contribution in [3.63, 3.8) is 0 Å². The molecule has 1 aromatic carbocycles. The summed E-state index contributed by atoms with van der Waals surface area (Å²) >= 11 is 0. The number of aromatic nitrogens is 3. The molecule has 0 bridgehead atoms. The van der Waals surface area contributed by atoms with Crippen LogP contribution in [0.15, 0.2) is 79.2 Å². The topological polar surface area (TPSA) is 46.0 Å². The number of pyridine rings is 1. The second kappa shape index (κ2) is 8.86. The zero-order valence-corrected chi connectivity index (χ0v) is 18.1. The third-order valence-corrected chi connectivity index (χ3v) is 5.76. The Morgan fingerprint density at radius 2 is 1.90 bits per heavy atom. The van der Waals surface area contributed by atoms with Crippen LogP contribution in [0, 0.1) is 0 Å². The number of rotatable bonds is 6. The van der Waals surface area contributed by atoms with Gasteiger partial charge in [0.15, 0.2) is 0 Å². The van der Waals surface area contributed by atoms with Crippen molar-refractivity contribution in [2.75, 3.05) is 25.5 Å². The van der Waals surface area contributed by atoms with Gasteiger partial charge in [0.1, 0.15) is 5.82 Å². The van der Waals surface area contributed by atoms with E-state index in [-0.39, 0.29) is 5.83 Å². The highest BCUT2D eigenvalue weighted by Gasteiger charge is 2.19. The summed E-state index contributed by atoms with van der Waals surface area (Å²) in [6, 6.07) is 8.73. The van der Waals surface area contributed by atoms with E-state index in [9.17, 15) is 4.39 Å².